The van der Waals surface area contributed by atoms with Crippen molar-refractivity contribution < 1.29 is 0 Å². The average Bonchev–Trinajstić information content (AvgIpc) is 2.70. The maximum Gasteiger partial charge on any atom is 0.0802 e. The van der Waals surface area contributed by atoms with E-state index in [1.807, 2.05) is 12.1 Å². The molecule has 0 saturated carbocycles. The molecule has 0 atom stereocenters. The Morgan fingerprint density at radius 3 is 2.73 bits per heavy atom. The van der Waals surface area contributed by atoms with Gasteiger partial charge in [-0.15, -0.1) is 11.3 Å². The van der Waals surface area contributed by atoms with Crippen LogP contribution in [0.2, 0.25) is 10.0 Å². The van der Waals surface area contributed by atoms with Crippen LogP contribution in [-0.4, -0.2) is 4.98 Å². The average molecular weight is 259 g/mol. The van der Waals surface area contributed by atoms with E-state index < -0.39 is 0 Å². The van der Waals surface area contributed by atoms with Gasteiger partial charge in [0.2, 0.25) is 0 Å². The summed E-state index contributed by atoms with van der Waals surface area (Å²) in [6.07, 6.45) is 0. The largest absolute Gasteiger partial charge is 0.325 e. The third-order valence-electron chi connectivity index (χ3n) is 2.02. The lowest BCUT2D eigenvalue weighted by molar-refractivity contribution is 1.01. The van der Waals surface area contributed by atoms with Gasteiger partial charge in [-0.1, -0.05) is 29.3 Å². The van der Waals surface area contributed by atoms with Crippen molar-refractivity contribution in [1.29, 1.82) is 0 Å². The van der Waals surface area contributed by atoms with Gasteiger partial charge in [0.15, 0.2) is 0 Å². The Hall–Kier alpha value is -0.610. The lowest BCUT2D eigenvalue weighted by Crippen LogP contribution is -1.97. The highest BCUT2D eigenvalue weighted by Crippen LogP contribution is 2.32. The molecule has 78 valence electrons. The second kappa shape index (κ2) is 4.49. The number of nitrogens with zero attached hydrogens (tertiary/aromatic N) is 1. The van der Waals surface area contributed by atoms with Crippen LogP contribution in [0.1, 0.15) is 5.69 Å². The number of hydrogen-bond donors (Lipinski definition) is 1. The van der Waals surface area contributed by atoms with E-state index in [-0.39, 0.29) is 0 Å². The molecule has 15 heavy (non-hydrogen) atoms. The van der Waals surface area contributed by atoms with Gasteiger partial charge in [-0.25, -0.2) is 4.98 Å². The summed E-state index contributed by atoms with van der Waals surface area (Å²) in [4.78, 5) is 5.23. The Kier molecular flexibility index (Phi) is 3.26. The van der Waals surface area contributed by atoms with Gasteiger partial charge >= 0.3 is 0 Å². The van der Waals surface area contributed by atoms with Gasteiger partial charge < -0.3 is 5.73 Å². The van der Waals surface area contributed by atoms with Crippen molar-refractivity contribution in [3.8, 4) is 10.4 Å². The minimum absolute atomic E-state index is 0.430. The van der Waals surface area contributed by atoms with E-state index in [9.17, 15) is 0 Å². The summed E-state index contributed by atoms with van der Waals surface area (Å²) in [5, 5.41) is 1.10. The van der Waals surface area contributed by atoms with Crippen molar-refractivity contribution in [3.05, 3.63) is 39.4 Å². The van der Waals surface area contributed by atoms with E-state index in [1.54, 1.807) is 22.9 Å². The fourth-order valence-electron chi connectivity index (χ4n) is 1.29. The lowest BCUT2D eigenvalue weighted by Gasteiger charge is -2.02. The van der Waals surface area contributed by atoms with E-state index >= 15 is 0 Å². The molecular weight excluding hydrogens is 251 g/mol. The van der Waals surface area contributed by atoms with Gasteiger partial charge in [-0.3, -0.25) is 0 Å². The van der Waals surface area contributed by atoms with Crippen LogP contribution < -0.4 is 5.73 Å². The topological polar surface area (TPSA) is 38.9 Å². The van der Waals surface area contributed by atoms with E-state index in [2.05, 4.69) is 4.98 Å². The third-order valence-corrected chi connectivity index (χ3v) is 3.67. The monoisotopic (exact) mass is 258 g/mol. The Morgan fingerprint density at radius 2 is 2.07 bits per heavy atom. The third kappa shape index (κ3) is 2.16. The van der Waals surface area contributed by atoms with E-state index in [0.717, 1.165) is 16.1 Å². The minimum Gasteiger partial charge on any atom is -0.325 e. The second-order valence-corrected chi connectivity index (χ2v) is 4.63. The number of thiazole rings is 1. The van der Waals surface area contributed by atoms with Crippen LogP contribution in [-0.2, 0) is 6.54 Å². The summed E-state index contributed by atoms with van der Waals surface area (Å²) in [5.74, 6) is 0. The van der Waals surface area contributed by atoms with E-state index in [0.29, 0.717) is 16.6 Å². The summed E-state index contributed by atoms with van der Waals surface area (Å²) in [6.45, 7) is 0.430. The van der Waals surface area contributed by atoms with Crippen molar-refractivity contribution in [1.82, 2.24) is 4.98 Å². The molecule has 2 rings (SSSR count). The Balaban J connectivity index is 2.50. The number of halogens is 2. The summed E-state index contributed by atoms with van der Waals surface area (Å²) in [7, 11) is 0. The lowest BCUT2D eigenvalue weighted by atomic mass is 10.1. The van der Waals surface area contributed by atoms with Crippen LogP contribution in [0, 0.1) is 0 Å². The SMILES string of the molecule is NCc1ncsc1-c1ccc(Cl)c(Cl)c1. The second-order valence-electron chi connectivity index (χ2n) is 2.96. The zero-order valence-electron chi connectivity index (χ0n) is 7.71. The van der Waals surface area contributed by atoms with Crippen molar-refractivity contribution in [2.75, 3.05) is 0 Å². The van der Waals surface area contributed by atoms with Crippen LogP contribution >= 0.6 is 34.5 Å². The molecule has 0 unspecified atom stereocenters. The van der Waals surface area contributed by atoms with Gasteiger partial charge in [0.25, 0.3) is 0 Å². The number of hydrogen-bond acceptors (Lipinski definition) is 3. The normalized spacial score (nSPS) is 10.6. The van der Waals surface area contributed by atoms with Crippen molar-refractivity contribution in [3.63, 3.8) is 0 Å². The van der Waals surface area contributed by atoms with Gasteiger partial charge in [-0.2, -0.15) is 0 Å². The summed E-state index contributed by atoms with van der Waals surface area (Å²) >= 11 is 13.3. The number of nitrogens with two attached hydrogens (primary N) is 1. The molecule has 0 fully saturated rings. The molecule has 1 heterocycles. The molecule has 1 aromatic heterocycles. The molecule has 0 aliphatic rings. The first-order chi connectivity index (χ1) is 7.22. The maximum atomic E-state index is 5.95. The highest BCUT2D eigenvalue weighted by atomic mass is 35.5. The first-order valence-electron chi connectivity index (χ1n) is 4.30. The van der Waals surface area contributed by atoms with Gasteiger partial charge in [0.05, 0.1) is 26.1 Å². The summed E-state index contributed by atoms with van der Waals surface area (Å²) in [6, 6.07) is 5.52. The molecule has 0 amide bonds. The zero-order valence-corrected chi connectivity index (χ0v) is 10.0. The molecule has 2 nitrogen and oxygen atoms in total. The van der Waals surface area contributed by atoms with E-state index in [1.165, 1.54) is 0 Å². The minimum atomic E-state index is 0.430. The summed E-state index contributed by atoms with van der Waals surface area (Å²) in [5.41, 5.74) is 9.26. The number of rotatable bonds is 2. The fraction of sp³-hybridized carbons (Fsp3) is 0.100. The molecule has 0 spiro atoms. The maximum absolute atomic E-state index is 5.95. The molecule has 0 radical (unpaired) electrons. The number of benzene rings is 1. The van der Waals surface area contributed by atoms with Gasteiger partial charge in [-0.05, 0) is 17.7 Å². The molecule has 0 aliphatic heterocycles. The highest BCUT2D eigenvalue weighted by Gasteiger charge is 2.08. The predicted molar refractivity (Wildman–Crippen MR) is 65.5 cm³/mol. The Bertz CT molecular complexity index is 482. The smallest absolute Gasteiger partial charge is 0.0802 e. The Morgan fingerprint density at radius 1 is 1.27 bits per heavy atom. The molecule has 0 bridgehead atoms. The van der Waals surface area contributed by atoms with Crippen LogP contribution in [0.3, 0.4) is 0 Å². The molecular formula is C10H8Cl2N2S. The molecule has 0 saturated heterocycles. The van der Waals surface area contributed by atoms with Crippen LogP contribution in [0.5, 0.6) is 0 Å². The first-order valence-corrected chi connectivity index (χ1v) is 5.94. The molecule has 2 N–H and O–H groups in total. The zero-order chi connectivity index (χ0) is 10.8. The van der Waals surface area contributed by atoms with Gasteiger partial charge in [0.1, 0.15) is 0 Å². The Labute approximate surface area is 102 Å². The van der Waals surface area contributed by atoms with Crippen molar-refractivity contribution in [2.24, 2.45) is 5.73 Å². The fourth-order valence-corrected chi connectivity index (χ4v) is 2.41. The molecule has 2 aromatic rings. The molecule has 0 aliphatic carbocycles. The first kappa shape index (κ1) is 10.9. The standard InChI is InChI=1S/C10H8Cl2N2S/c11-7-2-1-6(3-8(7)12)10-9(4-13)14-5-15-10/h1-3,5H,4,13H2. The quantitative estimate of drug-likeness (QED) is 0.895. The van der Waals surface area contributed by atoms with E-state index in [4.69, 9.17) is 28.9 Å². The highest BCUT2D eigenvalue weighted by molar-refractivity contribution is 7.13. The summed E-state index contributed by atoms with van der Waals surface area (Å²) < 4.78 is 0. The predicted octanol–water partition coefficient (Wildman–Crippen LogP) is 3.58. The van der Waals surface area contributed by atoms with Gasteiger partial charge in [0, 0.05) is 6.54 Å². The van der Waals surface area contributed by atoms with Crippen LogP contribution in [0.15, 0.2) is 23.7 Å². The number of aromatic nitrogens is 1. The molecule has 5 heteroatoms. The van der Waals surface area contributed by atoms with Crippen molar-refractivity contribution in [2.45, 2.75) is 6.54 Å². The molecule has 1 aromatic carbocycles. The van der Waals surface area contributed by atoms with Crippen LogP contribution in [0.25, 0.3) is 10.4 Å². The van der Waals surface area contributed by atoms with Crippen molar-refractivity contribution >= 4 is 34.5 Å². The van der Waals surface area contributed by atoms with Crippen LogP contribution in [0.4, 0.5) is 0 Å².